The third-order valence-electron chi connectivity index (χ3n) is 1.01. The molecule has 0 saturated heterocycles. The van der Waals surface area contributed by atoms with Gasteiger partial charge in [0.1, 0.15) is 5.78 Å². The first kappa shape index (κ1) is 11.7. The van der Waals surface area contributed by atoms with Crippen LogP contribution in [0.1, 0.15) is 19.8 Å². The standard InChI is InChI=1S/C5H10FO5P/c1-5(7)3-2-4-10-12(8,9)11-6/h2-4H2,1H3,(H,8,9). The van der Waals surface area contributed by atoms with Gasteiger partial charge in [-0.05, 0) is 17.9 Å². The van der Waals surface area contributed by atoms with E-state index in [0.717, 1.165) is 0 Å². The molecule has 72 valence electrons. The number of Topliss-reactive ketones (excluding diaryl/α,β-unsaturated/α-hetero) is 1. The van der Waals surface area contributed by atoms with Gasteiger partial charge in [-0.3, -0.25) is 4.52 Å². The van der Waals surface area contributed by atoms with Crippen molar-refractivity contribution in [2.45, 2.75) is 19.8 Å². The molecule has 1 atom stereocenters. The lowest BCUT2D eigenvalue weighted by molar-refractivity contribution is -0.117. The van der Waals surface area contributed by atoms with E-state index in [-0.39, 0.29) is 25.2 Å². The van der Waals surface area contributed by atoms with Crippen molar-refractivity contribution in [1.29, 1.82) is 0 Å². The maximum Gasteiger partial charge on any atom is 0.503 e. The van der Waals surface area contributed by atoms with Crippen molar-refractivity contribution in [3.63, 3.8) is 0 Å². The summed E-state index contributed by atoms with van der Waals surface area (Å²) >= 11 is 0. The lowest BCUT2D eigenvalue weighted by atomic mass is 10.2. The average Bonchev–Trinajstić information content (AvgIpc) is 1.98. The van der Waals surface area contributed by atoms with Crippen molar-refractivity contribution >= 4 is 13.6 Å². The maximum absolute atomic E-state index is 11.2. The molecule has 0 amide bonds. The molecule has 1 unspecified atom stereocenters. The van der Waals surface area contributed by atoms with Gasteiger partial charge in [0.15, 0.2) is 0 Å². The third kappa shape index (κ3) is 6.42. The predicted octanol–water partition coefficient (Wildman–Crippen LogP) is 1.37. The number of carbonyl (C=O) groups is 1. The third-order valence-corrected chi connectivity index (χ3v) is 1.70. The molecule has 0 spiro atoms. The molecular formula is C5H10FO5P. The van der Waals surface area contributed by atoms with Crippen LogP contribution in [0.5, 0.6) is 0 Å². The first-order chi connectivity index (χ1) is 5.48. The highest BCUT2D eigenvalue weighted by atomic mass is 31.2. The van der Waals surface area contributed by atoms with Crippen LogP contribution in [0.3, 0.4) is 0 Å². The number of ketones is 1. The highest BCUT2D eigenvalue weighted by Crippen LogP contribution is 2.43. The zero-order valence-electron chi connectivity index (χ0n) is 6.53. The highest BCUT2D eigenvalue weighted by molar-refractivity contribution is 7.47. The van der Waals surface area contributed by atoms with Crippen LogP contribution in [-0.4, -0.2) is 17.3 Å². The summed E-state index contributed by atoms with van der Waals surface area (Å²) in [5.74, 6) is -0.0625. The van der Waals surface area contributed by atoms with Crippen LogP contribution >= 0.6 is 7.82 Å². The largest absolute Gasteiger partial charge is 0.503 e. The van der Waals surface area contributed by atoms with Crippen LogP contribution in [0.25, 0.3) is 0 Å². The van der Waals surface area contributed by atoms with Crippen LogP contribution in [-0.2, 0) is 18.6 Å². The monoisotopic (exact) mass is 200 g/mol. The number of halogens is 1. The maximum atomic E-state index is 11.2. The average molecular weight is 200 g/mol. The van der Waals surface area contributed by atoms with Crippen LogP contribution < -0.4 is 0 Å². The molecule has 0 aromatic rings. The van der Waals surface area contributed by atoms with E-state index in [2.05, 4.69) is 9.25 Å². The number of carbonyl (C=O) groups excluding carboxylic acids is 1. The van der Waals surface area contributed by atoms with E-state index in [4.69, 9.17) is 4.89 Å². The smallest absolute Gasteiger partial charge is 0.301 e. The number of phosphoric acid groups is 1. The summed E-state index contributed by atoms with van der Waals surface area (Å²) < 4.78 is 28.2. The summed E-state index contributed by atoms with van der Waals surface area (Å²) in [6.07, 6.45) is 0.496. The molecule has 5 nitrogen and oxygen atoms in total. The number of hydrogen-bond donors (Lipinski definition) is 1. The summed E-state index contributed by atoms with van der Waals surface area (Å²) in [5, 5.41) is 0. The molecule has 0 fully saturated rings. The Morgan fingerprint density at radius 1 is 1.67 bits per heavy atom. The minimum atomic E-state index is -4.51. The molecule has 0 aliphatic rings. The first-order valence-corrected chi connectivity index (χ1v) is 4.74. The Labute approximate surface area is 69.0 Å². The molecule has 0 saturated carbocycles. The van der Waals surface area contributed by atoms with Gasteiger partial charge >= 0.3 is 7.82 Å². The molecule has 0 aromatic carbocycles. The molecule has 0 aliphatic carbocycles. The zero-order valence-corrected chi connectivity index (χ0v) is 7.42. The number of rotatable bonds is 6. The molecule has 0 heterocycles. The number of hydrogen-bond acceptors (Lipinski definition) is 4. The Balaban J connectivity index is 3.44. The molecule has 12 heavy (non-hydrogen) atoms. The second kappa shape index (κ2) is 5.37. The van der Waals surface area contributed by atoms with Crippen LogP contribution in [0.4, 0.5) is 4.53 Å². The Kier molecular flexibility index (Phi) is 5.24. The Hall–Kier alpha value is -0.290. The van der Waals surface area contributed by atoms with E-state index in [1.807, 2.05) is 0 Å². The van der Waals surface area contributed by atoms with Crippen LogP contribution in [0, 0.1) is 0 Å². The van der Waals surface area contributed by atoms with E-state index < -0.39 is 7.82 Å². The van der Waals surface area contributed by atoms with Crippen molar-refractivity contribution in [2.24, 2.45) is 0 Å². The molecule has 7 heteroatoms. The fourth-order valence-corrected chi connectivity index (χ4v) is 0.921. The molecular weight excluding hydrogens is 190 g/mol. The molecule has 0 aromatic heterocycles. The molecule has 0 aliphatic heterocycles. The van der Waals surface area contributed by atoms with Crippen molar-refractivity contribution < 1.29 is 28.0 Å². The van der Waals surface area contributed by atoms with E-state index in [1.54, 1.807) is 0 Å². The van der Waals surface area contributed by atoms with Gasteiger partial charge in [-0.25, -0.2) is 4.57 Å². The zero-order chi connectivity index (χ0) is 9.61. The van der Waals surface area contributed by atoms with Gasteiger partial charge in [-0.1, -0.05) is 4.73 Å². The highest BCUT2D eigenvalue weighted by Gasteiger charge is 2.21. The minimum absolute atomic E-state index is 0.0625. The Morgan fingerprint density at radius 3 is 2.67 bits per heavy atom. The lowest BCUT2D eigenvalue weighted by Crippen LogP contribution is -1.96. The van der Waals surface area contributed by atoms with Gasteiger partial charge in [-0.15, -0.1) is 0 Å². The fraction of sp³-hybridized carbons (Fsp3) is 0.800. The summed E-state index contributed by atoms with van der Waals surface area (Å²) in [6, 6.07) is 0. The summed E-state index contributed by atoms with van der Waals surface area (Å²) in [6.45, 7) is 1.20. The van der Waals surface area contributed by atoms with Gasteiger partial charge in [0.05, 0.1) is 6.61 Å². The Morgan fingerprint density at radius 2 is 2.25 bits per heavy atom. The van der Waals surface area contributed by atoms with Gasteiger partial charge in [0.2, 0.25) is 0 Å². The SMILES string of the molecule is CC(=O)CCCOP(=O)(O)OF. The summed E-state index contributed by atoms with van der Waals surface area (Å²) in [4.78, 5) is 18.7. The van der Waals surface area contributed by atoms with E-state index in [1.165, 1.54) is 6.92 Å². The molecule has 1 N–H and O–H groups in total. The van der Waals surface area contributed by atoms with E-state index in [9.17, 15) is 13.9 Å². The van der Waals surface area contributed by atoms with Gasteiger partial charge in [0.25, 0.3) is 0 Å². The lowest BCUT2D eigenvalue weighted by Gasteiger charge is -2.04. The summed E-state index contributed by atoms with van der Waals surface area (Å²) in [7, 11) is -4.51. The second-order valence-electron chi connectivity index (χ2n) is 2.18. The van der Waals surface area contributed by atoms with Crippen molar-refractivity contribution in [2.75, 3.05) is 6.61 Å². The van der Waals surface area contributed by atoms with Crippen molar-refractivity contribution in [3.8, 4) is 0 Å². The predicted molar refractivity (Wildman–Crippen MR) is 37.9 cm³/mol. The van der Waals surface area contributed by atoms with E-state index >= 15 is 0 Å². The molecule has 0 bridgehead atoms. The second-order valence-corrected chi connectivity index (χ2v) is 3.51. The van der Waals surface area contributed by atoms with Gasteiger partial charge in [-0.2, -0.15) is 0 Å². The van der Waals surface area contributed by atoms with Crippen LogP contribution in [0.2, 0.25) is 0 Å². The summed E-state index contributed by atoms with van der Waals surface area (Å²) in [5.41, 5.74) is 0. The normalized spacial score (nSPS) is 15.6. The number of phosphoric ester groups is 1. The van der Waals surface area contributed by atoms with E-state index in [0.29, 0.717) is 0 Å². The fourth-order valence-electron chi connectivity index (χ4n) is 0.521. The molecule has 0 radical (unpaired) electrons. The van der Waals surface area contributed by atoms with Crippen molar-refractivity contribution in [3.05, 3.63) is 0 Å². The van der Waals surface area contributed by atoms with Crippen LogP contribution in [0.15, 0.2) is 0 Å². The molecule has 0 rings (SSSR count). The van der Waals surface area contributed by atoms with Crippen molar-refractivity contribution in [1.82, 2.24) is 0 Å². The topological polar surface area (TPSA) is 72.8 Å². The van der Waals surface area contributed by atoms with Gasteiger partial charge in [0, 0.05) is 6.42 Å². The first-order valence-electron chi connectivity index (χ1n) is 3.25. The quantitative estimate of drug-likeness (QED) is 0.517. The Bertz CT molecular complexity index is 194. The van der Waals surface area contributed by atoms with Gasteiger partial charge < -0.3 is 9.69 Å². The minimum Gasteiger partial charge on any atom is -0.301 e.